The Morgan fingerprint density at radius 1 is 1.30 bits per heavy atom. The van der Waals surface area contributed by atoms with Crippen molar-refractivity contribution in [1.82, 2.24) is 0 Å². The van der Waals surface area contributed by atoms with Crippen molar-refractivity contribution < 1.29 is 34.0 Å². The van der Waals surface area contributed by atoms with Crippen LogP contribution < -0.4 is 4.74 Å². The van der Waals surface area contributed by atoms with Gasteiger partial charge in [0, 0.05) is 12.0 Å². The molecule has 2 saturated heterocycles. The molecule has 3 unspecified atom stereocenters. The van der Waals surface area contributed by atoms with Gasteiger partial charge in [-0.1, -0.05) is 0 Å². The third-order valence-electron chi connectivity index (χ3n) is 4.06. The fraction of sp³-hybridized carbons (Fsp3) is 0.562. The summed E-state index contributed by atoms with van der Waals surface area (Å²) >= 11 is 0. The van der Waals surface area contributed by atoms with Crippen LogP contribution in [-0.2, 0) is 24.8 Å². The molecule has 1 aromatic rings. The number of hydrogen-bond donors (Lipinski definition) is 2. The number of aliphatic hydroxyl groups excluding tert-OH is 2. The zero-order chi connectivity index (χ0) is 16.4. The summed E-state index contributed by atoms with van der Waals surface area (Å²) in [7, 11) is 0. The molecule has 23 heavy (non-hydrogen) atoms. The Labute approximate surface area is 133 Å². The quantitative estimate of drug-likeness (QED) is 0.753. The maximum Gasteiger partial charge on any atom is 0.335 e. The van der Waals surface area contributed by atoms with Crippen LogP contribution in [0.5, 0.6) is 5.75 Å². The maximum absolute atomic E-state index is 11.1. The summed E-state index contributed by atoms with van der Waals surface area (Å²) in [5, 5.41) is 19.3. The predicted molar refractivity (Wildman–Crippen MR) is 77.7 cm³/mol. The molecule has 2 N–H and O–H groups in total. The molecule has 1 aromatic carbocycles. The summed E-state index contributed by atoms with van der Waals surface area (Å²) in [6.45, 7) is 2.95. The lowest BCUT2D eigenvalue weighted by molar-refractivity contribution is -0.151. The van der Waals surface area contributed by atoms with E-state index in [0.717, 1.165) is 5.56 Å². The molecular weight excluding hydrogens is 304 g/mol. The first-order valence-corrected chi connectivity index (χ1v) is 7.56. The number of carbonyl (C=O) groups is 1. The summed E-state index contributed by atoms with van der Waals surface area (Å²) in [5.41, 5.74) is 0.885. The van der Waals surface area contributed by atoms with Gasteiger partial charge in [0.1, 0.15) is 24.6 Å². The topological polar surface area (TPSA) is 94.5 Å². The van der Waals surface area contributed by atoms with Gasteiger partial charge in [-0.2, -0.15) is 0 Å². The Balaban J connectivity index is 1.53. The molecule has 0 aliphatic carbocycles. The lowest BCUT2D eigenvalue weighted by atomic mass is 10.1. The van der Waals surface area contributed by atoms with E-state index in [4.69, 9.17) is 18.9 Å². The van der Waals surface area contributed by atoms with Gasteiger partial charge >= 0.3 is 5.97 Å². The van der Waals surface area contributed by atoms with E-state index in [0.29, 0.717) is 19.0 Å². The molecule has 0 radical (unpaired) electrons. The number of esters is 1. The number of aliphatic hydroxyl groups is 2. The molecule has 0 bridgehead atoms. The highest BCUT2D eigenvalue weighted by Gasteiger charge is 2.37. The highest BCUT2D eigenvalue weighted by atomic mass is 16.7. The van der Waals surface area contributed by atoms with Gasteiger partial charge in [-0.05, 0) is 31.2 Å². The van der Waals surface area contributed by atoms with Crippen LogP contribution >= 0.6 is 0 Å². The maximum atomic E-state index is 11.1. The van der Waals surface area contributed by atoms with Crippen LogP contribution in [0, 0.1) is 0 Å². The number of benzene rings is 1. The molecule has 7 nitrogen and oxygen atoms in total. The molecule has 0 amide bonds. The molecule has 2 aliphatic rings. The van der Waals surface area contributed by atoms with Crippen LogP contribution in [0.2, 0.25) is 0 Å². The van der Waals surface area contributed by atoms with E-state index in [1.54, 1.807) is 12.1 Å². The van der Waals surface area contributed by atoms with Crippen molar-refractivity contribution in [1.29, 1.82) is 0 Å². The van der Waals surface area contributed by atoms with Crippen LogP contribution in [0.25, 0.3) is 0 Å². The van der Waals surface area contributed by atoms with Gasteiger partial charge in [0.2, 0.25) is 0 Å². The molecular formula is C16H20O7. The standard InChI is InChI=1S/C16H20O7/c1-16(21-6-7-22-16)10-2-4-11(5-3-10)20-9-13(18)14-8-12(17)15(19)23-14/h2-5,12-14,17-18H,6-9H2,1H3. The van der Waals surface area contributed by atoms with Gasteiger partial charge < -0.3 is 29.2 Å². The first-order chi connectivity index (χ1) is 11.0. The second kappa shape index (κ2) is 6.45. The Morgan fingerprint density at radius 2 is 1.96 bits per heavy atom. The van der Waals surface area contributed by atoms with Gasteiger partial charge in [0.05, 0.1) is 13.2 Å². The first kappa shape index (κ1) is 16.2. The average molecular weight is 324 g/mol. The number of cyclic esters (lactones) is 1. The summed E-state index contributed by atoms with van der Waals surface area (Å²) in [6.07, 6.45) is -2.82. The zero-order valence-corrected chi connectivity index (χ0v) is 12.8. The minimum absolute atomic E-state index is 0.0335. The second-order valence-electron chi connectivity index (χ2n) is 5.77. The molecule has 126 valence electrons. The summed E-state index contributed by atoms with van der Waals surface area (Å²) < 4.78 is 21.5. The Morgan fingerprint density at radius 3 is 2.52 bits per heavy atom. The van der Waals surface area contributed by atoms with Crippen LogP contribution in [0.4, 0.5) is 0 Å². The van der Waals surface area contributed by atoms with Crippen LogP contribution in [0.15, 0.2) is 24.3 Å². The molecule has 7 heteroatoms. The van der Waals surface area contributed by atoms with E-state index in [9.17, 15) is 15.0 Å². The van der Waals surface area contributed by atoms with Gasteiger partial charge in [-0.15, -0.1) is 0 Å². The monoisotopic (exact) mass is 324 g/mol. The van der Waals surface area contributed by atoms with Gasteiger partial charge in [-0.25, -0.2) is 4.79 Å². The number of hydrogen-bond acceptors (Lipinski definition) is 7. The smallest absolute Gasteiger partial charge is 0.335 e. The van der Waals surface area contributed by atoms with E-state index in [1.165, 1.54) is 0 Å². The molecule has 0 spiro atoms. The van der Waals surface area contributed by atoms with Crippen LogP contribution in [0.3, 0.4) is 0 Å². The van der Waals surface area contributed by atoms with E-state index in [-0.39, 0.29) is 13.0 Å². The highest BCUT2D eigenvalue weighted by molar-refractivity contribution is 5.76. The van der Waals surface area contributed by atoms with Gasteiger partial charge in [0.25, 0.3) is 0 Å². The summed E-state index contributed by atoms with van der Waals surface area (Å²) in [4.78, 5) is 11.1. The van der Waals surface area contributed by atoms with Crippen molar-refractivity contribution >= 4 is 5.97 Å². The van der Waals surface area contributed by atoms with Crippen molar-refractivity contribution in [2.45, 2.75) is 37.4 Å². The van der Waals surface area contributed by atoms with Crippen molar-refractivity contribution in [3.8, 4) is 5.75 Å². The van der Waals surface area contributed by atoms with E-state index < -0.39 is 30.1 Å². The zero-order valence-electron chi connectivity index (χ0n) is 12.8. The predicted octanol–water partition coefficient (Wildman–Crippen LogP) is 0.322. The first-order valence-electron chi connectivity index (χ1n) is 7.56. The van der Waals surface area contributed by atoms with Gasteiger partial charge in [0.15, 0.2) is 11.9 Å². The molecule has 0 saturated carbocycles. The fourth-order valence-corrected chi connectivity index (χ4v) is 2.65. The molecule has 2 heterocycles. The van der Waals surface area contributed by atoms with Crippen molar-refractivity contribution in [2.24, 2.45) is 0 Å². The Bertz CT molecular complexity index is 550. The van der Waals surface area contributed by atoms with E-state index in [2.05, 4.69) is 0 Å². The Hall–Kier alpha value is -1.67. The summed E-state index contributed by atoms with van der Waals surface area (Å²) in [5.74, 6) is -0.867. The van der Waals surface area contributed by atoms with Crippen molar-refractivity contribution in [2.75, 3.05) is 19.8 Å². The van der Waals surface area contributed by atoms with Gasteiger partial charge in [-0.3, -0.25) is 0 Å². The number of carbonyl (C=O) groups excluding carboxylic acids is 1. The number of ether oxygens (including phenoxy) is 4. The minimum Gasteiger partial charge on any atom is -0.491 e. The Kier molecular flexibility index (Phi) is 4.54. The highest BCUT2D eigenvalue weighted by Crippen LogP contribution is 2.31. The summed E-state index contributed by atoms with van der Waals surface area (Å²) in [6, 6.07) is 7.19. The van der Waals surface area contributed by atoms with Crippen LogP contribution in [-0.4, -0.2) is 54.3 Å². The lowest BCUT2D eigenvalue weighted by Crippen LogP contribution is -2.31. The molecule has 3 atom stereocenters. The largest absolute Gasteiger partial charge is 0.491 e. The fourth-order valence-electron chi connectivity index (χ4n) is 2.65. The number of rotatable bonds is 5. The van der Waals surface area contributed by atoms with Crippen molar-refractivity contribution in [3.05, 3.63) is 29.8 Å². The van der Waals surface area contributed by atoms with Crippen molar-refractivity contribution in [3.63, 3.8) is 0 Å². The normalized spacial score (nSPS) is 27.7. The molecule has 0 aromatic heterocycles. The molecule has 3 rings (SSSR count). The SMILES string of the molecule is CC1(c2ccc(OCC(O)C3CC(O)C(=O)O3)cc2)OCCO1. The third kappa shape index (κ3) is 3.48. The van der Waals surface area contributed by atoms with E-state index in [1.807, 2.05) is 19.1 Å². The lowest BCUT2D eigenvalue weighted by Gasteiger charge is -2.23. The van der Waals surface area contributed by atoms with E-state index >= 15 is 0 Å². The minimum atomic E-state index is -1.17. The third-order valence-corrected chi connectivity index (χ3v) is 4.06. The molecule has 2 aliphatic heterocycles. The second-order valence-corrected chi connectivity index (χ2v) is 5.77. The average Bonchev–Trinajstić information content (AvgIpc) is 3.13. The van der Waals surface area contributed by atoms with Crippen LogP contribution in [0.1, 0.15) is 18.9 Å². The molecule has 2 fully saturated rings.